The Morgan fingerprint density at radius 1 is 1.41 bits per heavy atom. The van der Waals surface area contributed by atoms with Crippen molar-refractivity contribution < 1.29 is 4.79 Å². The summed E-state index contributed by atoms with van der Waals surface area (Å²) in [6.45, 7) is 4.31. The minimum atomic E-state index is 0.149. The van der Waals surface area contributed by atoms with Gasteiger partial charge in [0.15, 0.2) is 0 Å². The van der Waals surface area contributed by atoms with E-state index in [1.807, 2.05) is 17.5 Å². The van der Waals surface area contributed by atoms with Gasteiger partial charge in [-0.3, -0.25) is 4.79 Å². The molecule has 17 heavy (non-hydrogen) atoms. The van der Waals surface area contributed by atoms with Crippen LogP contribution in [-0.4, -0.2) is 11.9 Å². The Bertz CT molecular complexity index is 308. The Morgan fingerprint density at radius 3 is 2.88 bits per heavy atom. The third-order valence-corrected chi connectivity index (χ3v) is 3.69. The molecule has 1 N–H and O–H groups in total. The van der Waals surface area contributed by atoms with Gasteiger partial charge < -0.3 is 5.32 Å². The highest BCUT2D eigenvalue weighted by atomic mass is 32.1. The average Bonchev–Trinajstić information content (AvgIpc) is 2.77. The Balaban J connectivity index is 2.13. The number of thiophene rings is 1. The molecule has 0 aliphatic heterocycles. The molecule has 1 atom stereocenters. The number of hydrogen-bond acceptors (Lipinski definition) is 2. The Morgan fingerprint density at radius 2 is 2.24 bits per heavy atom. The summed E-state index contributed by atoms with van der Waals surface area (Å²) in [6.07, 6.45) is 6.68. The van der Waals surface area contributed by atoms with Crippen molar-refractivity contribution in [2.45, 2.75) is 58.4 Å². The van der Waals surface area contributed by atoms with Gasteiger partial charge in [0.05, 0.1) is 6.42 Å². The maximum Gasteiger partial charge on any atom is 0.225 e. The molecule has 0 aliphatic carbocycles. The van der Waals surface area contributed by atoms with Crippen LogP contribution < -0.4 is 5.32 Å². The van der Waals surface area contributed by atoms with Crippen LogP contribution in [0.25, 0.3) is 0 Å². The molecular formula is C14H23NOS. The first-order valence-corrected chi connectivity index (χ1v) is 7.42. The van der Waals surface area contributed by atoms with Crippen molar-refractivity contribution in [3.8, 4) is 0 Å². The largest absolute Gasteiger partial charge is 0.353 e. The van der Waals surface area contributed by atoms with Crippen LogP contribution in [0.5, 0.6) is 0 Å². The highest BCUT2D eigenvalue weighted by Crippen LogP contribution is 2.10. The summed E-state index contributed by atoms with van der Waals surface area (Å²) in [5.41, 5.74) is 0. The zero-order valence-corrected chi connectivity index (χ0v) is 11.7. The molecule has 96 valence electrons. The van der Waals surface area contributed by atoms with Gasteiger partial charge in [0.2, 0.25) is 5.91 Å². The molecular weight excluding hydrogens is 230 g/mol. The number of amides is 1. The maximum absolute atomic E-state index is 11.7. The van der Waals surface area contributed by atoms with Crippen LogP contribution in [-0.2, 0) is 11.2 Å². The van der Waals surface area contributed by atoms with Gasteiger partial charge in [-0.2, -0.15) is 0 Å². The van der Waals surface area contributed by atoms with Crippen LogP contribution in [0.1, 0.15) is 50.8 Å². The summed E-state index contributed by atoms with van der Waals surface area (Å²) in [6, 6.07) is 4.30. The molecule has 3 heteroatoms. The number of unbranched alkanes of at least 4 members (excludes halogenated alkanes) is 3. The van der Waals surface area contributed by atoms with E-state index in [0.29, 0.717) is 12.5 Å². The molecule has 0 bridgehead atoms. The molecule has 1 aromatic rings. The molecule has 1 amide bonds. The van der Waals surface area contributed by atoms with Crippen LogP contribution in [0.2, 0.25) is 0 Å². The van der Waals surface area contributed by atoms with E-state index in [0.717, 1.165) is 11.3 Å². The highest BCUT2D eigenvalue weighted by molar-refractivity contribution is 7.10. The Labute approximate surface area is 108 Å². The molecule has 2 nitrogen and oxygen atoms in total. The zero-order chi connectivity index (χ0) is 12.5. The van der Waals surface area contributed by atoms with Gasteiger partial charge in [-0.05, 0) is 24.8 Å². The van der Waals surface area contributed by atoms with Crippen molar-refractivity contribution in [2.24, 2.45) is 0 Å². The van der Waals surface area contributed by atoms with Gasteiger partial charge in [0.1, 0.15) is 0 Å². The average molecular weight is 253 g/mol. The number of carbonyl (C=O) groups excluding carboxylic acids is 1. The summed E-state index contributed by atoms with van der Waals surface area (Å²) in [7, 11) is 0. The molecule has 0 saturated heterocycles. The van der Waals surface area contributed by atoms with E-state index in [4.69, 9.17) is 0 Å². The summed E-state index contributed by atoms with van der Waals surface area (Å²) in [5, 5.41) is 5.07. The predicted molar refractivity (Wildman–Crippen MR) is 74.4 cm³/mol. The van der Waals surface area contributed by atoms with E-state index >= 15 is 0 Å². The molecule has 0 radical (unpaired) electrons. The highest BCUT2D eigenvalue weighted by Gasteiger charge is 2.08. The smallest absolute Gasteiger partial charge is 0.225 e. The van der Waals surface area contributed by atoms with Crippen molar-refractivity contribution >= 4 is 17.2 Å². The summed E-state index contributed by atoms with van der Waals surface area (Å²) in [4.78, 5) is 12.8. The van der Waals surface area contributed by atoms with Crippen LogP contribution in [0.15, 0.2) is 17.5 Å². The maximum atomic E-state index is 11.7. The van der Waals surface area contributed by atoms with Crippen molar-refractivity contribution in [1.29, 1.82) is 0 Å². The lowest BCUT2D eigenvalue weighted by atomic mass is 10.1. The fraction of sp³-hybridized carbons (Fsp3) is 0.643. The first kappa shape index (κ1) is 14.2. The molecule has 1 heterocycles. The molecule has 0 aromatic carbocycles. The van der Waals surface area contributed by atoms with Crippen LogP contribution in [0.3, 0.4) is 0 Å². The Hall–Kier alpha value is -0.830. The van der Waals surface area contributed by atoms with E-state index in [1.54, 1.807) is 11.3 Å². The minimum Gasteiger partial charge on any atom is -0.353 e. The molecule has 1 aromatic heterocycles. The molecule has 0 saturated carbocycles. The predicted octanol–water partition coefficient (Wildman–Crippen LogP) is 3.77. The Kier molecular flexibility index (Phi) is 6.94. The molecule has 1 rings (SSSR count). The van der Waals surface area contributed by atoms with Gasteiger partial charge in [0.25, 0.3) is 0 Å². The molecule has 0 spiro atoms. The third kappa shape index (κ3) is 6.47. The number of nitrogens with one attached hydrogen (secondary N) is 1. The van der Waals surface area contributed by atoms with Crippen LogP contribution in [0.4, 0.5) is 0 Å². The SMILES string of the molecule is CCCCCCC(C)NC(=O)Cc1cccs1. The monoisotopic (exact) mass is 253 g/mol. The van der Waals surface area contributed by atoms with Gasteiger partial charge >= 0.3 is 0 Å². The van der Waals surface area contributed by atoms with Gasteiger partial charge in [-0.25, -0.2) is 0 Å². The molecule has 0 aliphatic rings. The van der Waals surface area contributed by atoms with Gasteiger partial charge in [-0.15, -0.1) is 11.3 Å². The second-order valence-corrected chi connectivity index (χ2v) is 5.61. The minimum absolute atomic E-state index is 0.149. The lowest BCUT2D eigenvalue weighted by molar-refractivity contribution is -0.121. The van der Waals surface area contributed by atoms with Crippen molar-refractivity contribution in [3.05, 3.63) is 22.4 Å². The molecule has 0 fully saturated rings. The van der Waals surface area contributed by atoms with E-state index < -0.39 is 0 Å². The quantitative estimate of drug-likeness (QED) is 0.702. The second-order valence-electron chi connectivity index (χ2n) is 4.57. The first-order valence-electron chi connectivity index (χ1n) is 6.54. The van der Waals surface area contributed by atoms with Gasteiger partial charge in [0, 0.05) is 10.9 Å². The van der Waals surface area contributed by atoms with Crippen LogP contribution >= 0.6 is 11.3 Å². The fourth-order valence-electron chi connectivity index (χ4n) is 1.85. The zero-order valence-electron chi connectivity index (χ0n) is 10.9. The lowest BCUT2D eigenvalue weighted by Gasteiger charge is -2.13. The van der Waals surface area contributed by atoms with Crippen molar-refractivity contribution in [2.75, 3.05) is 0 Å². The number of carbonyl (C=O) groups is 1. The summed E-state index contributed by atoms with van der Waals surface area (Å²) >= 11 is 1.64. The molecule has 1 unspecified atom stereocenters. The van der Waals surface area contributed by atoms with E-state index in [2.05, 4.69) is 19.2 Å². The lowest BCUT2D eigenvalue weighted by Crippen LogP contribution is -2.33. The topological polar surface area (TPSA) is 29.1 Å². The first-order chi connectivity index (χ1) is 8.22. The second kappa shape index (κ2) is 8.29. The summed E-state index contributed by atoms with van der Waals surface area (Å²) in [5.74, 6) is 0.149. The van der Waals surface area contributed by atoms with E-state index in [9.17, 15) is 4.79 Å². The van der Waals surface area contributed by atoms with Crippen molar-refractivity contribution in [1.82, 2.24) is 5.32 Å². The third-order valence-electron chi connectivity index (χ3n) is 2.81. The summed E-state index contributed by atoms with van der Waals surface area (Å²) < 4.78 is 0. The number of hydrogen-bond donors (Lipinski definition) is 1. The van der Waals surface area contributed by atoms with E-state index in [1.165, 1.54) is 25.7 Å². The van der Waals surface area contributed by atoms with Crippen LogP contribution in [0, 0.1) is 0 Å². The van der Waals surface area contributed by atoms with Crippen molar-refractivity contribution in [3.63, 3.8) is 0 Å². The normalized spacial score (nSPS) is 12.4. The van der Waals surface area contributed by atoms with E-state index in [-0.39, 0.29) is 5.91 Å². The fourth-order valence-corrected chi connectivity index (χ4v) is 2.55. The number of rotatable bonds is 8. The van der Waals surface area contributed by atoms with Gasteiger partial charge in [-0.1, -0.05) is 38.7 Å². The standard InChI is InChI=1S/C14H23NOS/c1-3-4-5-6-8-12(2)15-14(16)11-13-9-7-10-17-13/h7,9-10,12H,3-6,8,11H2,1-2H3,(H,15,16).